The predicted octanol–water partition coefficient (Wildman–Crippen LogP) is 2.58. The van der Waals surface area contributed by atoms with Crippen molar-refractivity contribution in [1.29, 1.82) is 5.26 Å². The highest BCUT2D eigenvalue weighted by Crippen LogP contribution is 1.21. The number of hydrogen-bond donors (Lipinski definition) is 0. The second-order valence-corrected chi connectivity index (χ2v) is 0.224. The maximum absolute atomic E-state index is 7.32. The zero-order valence-electron chi connectivity index (χ0n) is 5.95. The van der Waals surface area contributed by atoms with Crippen LogP contribution in [0.1, 0.15) is 34.6 Å². The van der Waals surface area contributed by atoms with E-state index in [9.17, 15) is 0 Å². The Hall–Kier alpha value is -0.510. The van der Waals surface area contributed by atoms with Crippen LogP contribution in [0.2, 0.25) is 0 Å². The van der Waals surface area contributed by atoms with Crippen LogP contribution < -0.4 is 0 Å². The minimum absolute atomic E-state index is 1.43. The lowest BCUT2D eigenvalue weighted by atomic mass is 11.0. The number of rotatable bonds is 0. The summed E-state index contributed by atoms with van der Waals surface area (Å²) in [6.07, 6.45) is 0. The summed E-state index contributed by atoms with van der Waals surface area (Å²) >= 11 is 0. The molecule has 0 aromatic carbocycles. The van der Waals surface area contributed by atoms with Crippen LogP contribution in [0, 0.1) is 11.3 Å². The summed E-state index contributed by atoms with van der Waals surface area (Å²) in [4.78, 5) is 0. The molecule has 0 saturated heterocycles. The van der Waals surface area contributed by atoms with Gasteiger partial charge >= 0.3 is 0 Å². The predicted molar refractivity (Wildman–Crippen MR) is 34.0 cm³/mol. The van der Waals surface area contributed by atoms with Crippen LogP contribution in [0.15, 0.2) is 0 Å². The Morgan fingerprint density at radius 3 is 1.00 bits per heavy atom. The summed E-state index contributed by atoms with van der Waals surface area (Å²) in [5.41, 5.74) is 0. The first kappa shape index (κ1) is 16.1. The first-order chi connectivity index (χ1) is 3.41. The highest BCUT2D eigenvalue weighted by atomic mass is 14.2. The van der Waals surface area contributed by atoms with Crippen molar-refractivity contribution in [2.24, 2.45) is 0 Å². The Bertz CT molecular complexity index is 25.7. The van der Waals surface area contributed by atoms with E-state index in [-0.39, 0.29) is 0 Å². The largest absolute Gasteiger partial charge is 0.199 e. The van der Waals surface area contributed by atoms with Crippen LogP contribution in [0.25, 0.3) is 0 Å². The van der Waals surface area contributed by atoms with Crippen molar-refractivity contribution in [1.82, 2.24) is 0 Å². The van der Waals surface area contributed by atoms with Crippen LogP contribution in [-0.4, -0.2) is 0 Å². The maximum Gasteiger partial charge on any atom is 0.0587 e. The van der Waals surface area contributed by atoms with E-state index in [2.05, 4.69) is 0 Å². The molecule has 0 fully saturated rings. The molecule has 0 saturated carbocycles. The molecule has 0 radical (unpaired) electrons. The highest BCUT2D eigenvalue weighted by molar-refractivity contribution is 4.51. The zero-order valence-corrected chi connectivity index (χ0v) is 5.95. The Balaban J connectivity index is -0.0000000360. The van der Waals surface area contributed by atoms with Crippen LogP contribution in [0.5, 0.6) is 0 Å². The van der Waals surface area contributed by atoms with Gasteiger partial charge in [0.2, 0.25) is 0 Å². The topological polar surface area (TPSA) is 23.8 Å². The van der Waals surface area contributed by atoms with Crippen LogP contribution in [-0.2, 0) is 0 Å². The van der Waals surface area contributed by atoms with E-state index in [1.165, 1.54) is 6.92 Å². The lowest BCUT2D eigenvalue weighted by Gasteiger charge is -1.15. The number of nitriles is 1. The normalized spacial score (nSPS) is 2.86. The molecular formula is C6H15N. The highest BCUT2D eigenvalue weighted by Gasteiger charge is 1.17. The third-order valence-electron chi connectivity index (χ3n) is 0. The standard InChI is InChI=1S/C2H3N.2C2H6/c1-2-3;2*1-2/h1H3;2*1-2H3. The van der Waals surface area contributed by atoms with E-state index < -0.39 is 0 Å². The first-order valence-corrected chi connectivity index (χ1v) is 2.72. The van der Waals surface area contributed by atoms with Crippen molar-refractivity contribution >= 4 is 0 Å². The average Bonchev–Trinajstić information content (AvgIpc) is 1.78. The maximum atomic E-state index is 7.32. The van der Waals surface area contributed by atoms with E-state index in [1.54, 1.807) is 6.07 Å². The van der Waals surface area contributed by atoms with Gasteiger partial charge < -0.3 is 0 Å². The molecule has 0 amide bonds. The van der Waals surface area contributed by atoms with Crippen molar-refractivity contribution in [3.63, 3.8) is 0 Å². The minimum atomic E-state index is 1.43. The Labute approximate surface area is 47.0 Å². The van der Waals surface area contributed by atoms with Crippen molar-refractivity contribution < 1.29 is 0 Å². The van der Waals surface area contributed by atoms with Gasteiger partial charge in [0.15, 0.2) is 0 Å². The number of hydrogen-bond acceptors (Lipinski definition) is 1. The first-order valence-electron chi connectivity index (χ1n) is 2.72. The molecule has 0 spiro atoms. The molecule has 0 unspecified atom stereocenters. The fraction of sp³-hybridized carbons (Fsp3) is 0.833. The SMILES string of the molecule is CC.CC.CC#N. The Morgan fingerprint density at radius 2 is 1.00 bits per heavy atom. The Kier molecular flexibility index (Phi) is 1060. The minimum Gasteiger partial charge on any atom is -0.199 e. The third kappa shape index (κ3) is 257. The lowest BCUT2D eigenvalue weighted by Crippen LogP contribution is -1.10. The fourth-order valence-corrected chi connectivity index (χ4v) is 0. The zero-order chi connectivity index (χ0) is 6.71. The molecule has 0 aliphatic carbocycles. The molecule has 44 valence electrons. The Morgan fingerprint density at radius 1 is 1.00 bits per heavy atom. The monoisotopic (exact) mass is 101 g/mol. The van der Waals surface area contributed by atoms with Gasteiger partial charge in [-0.05, 0) is 0 Å². The summed E-state index contributed by atoms with van der Waals surface area (Å²) in [5, 5.41) is 7.32. The van der Waals surface area contributed by atoms with E-state index >= 15 is 0 Å². The van der Waals surface area contributed by atoms with Crippen molar-refractivity contribution in [3.8, 4) is 6.07 Å². The fourth-order valence-electron chi connectivity index (χ4n) is 0. The molecule has 0 aromatic rings. The average molecular weight is 101 g/mol. The van der Waals surface area contributed by atoms with Gasteiger partial charge in [0.1, 0.15) is 0 Å². The molecule has 0 N–H and O–H groups in total. The van der Waals surface area contributed by atoms with E-state index in [4.69, 9.17) is 5.26 Å². The van der Waals surface area contributed by atoms with Crippen molar-refractivity contribution in [3.05, 3.63) is 0 Å². The van der Waals surface area contributed by atoms with Gasteiger partial charge in [-0.25, -0.2) is 0 Å². The van der Waals surface area contributed by atoms with E-state index in [0.717, 1.165) is 0 Å². The molecule has 1 nitrogen and oxygen atoms in total. The quantitative estimate of drug-likeness (QED) is 0.460. The van der Waals surface area contributed by atoms with Gasteiger partial charge in [0.25, 0.3) is 0 Å². The van der Waals surface area contributed by atoms with Gasteiger partial charge in [0, 0.05) is 6.92 Å². The molecule has 0 aromatic heterocycles. The van der Waals surface area contributed by atoms with E-state index in [1.807, 2.05) is 27.7 Å². The molecule has 0 atom stereocenters. The summed E-state index contributed by atoms with van der Waals surface area (Å²) < 4.78 is 0. The van der Waals surface area contributed by atoms with Gasteiger partial charge in [-0.2, -0.15) is 5.26 Å². The van der Waals surface area contributed by atoms with Crippen LogP contribution >= 0.6 is 0 Å². The summed E-state index contributed by atoms with van der Waals surface area (Å²) in [5.74, 6) is 0. The lowest BCUT2D eigenvalue weighted by molar-refractivity contribution is 1.49. The second kappa shape index (κ2) is 461. The number of nitrogens with zero attached hydrogens (tertiary/aromatic N) is 1. The van der Waals surface area contributed by atoms with Gasteiger partial charge in [-0.15, -0.1) is 0 Å². The molecule has 0 aliphatic heterocycles. The van der Waals surface area contributed by atoms with E-state index in [0.29, 0.717) is 0 Å². The second-order valence-electron chi connectivity index (χ2n) is 0.224. The smallest absolute Gasteiger partial charge is 0.0587 e. The molecular weight excluding hydrogens is 86.1 g/mol. The van der Waals surface area contributed by atoms with Crippen LogP contribution in [0.4, 0.5) is 0 Å². The molecule has 1 heteroatoms. The van der Waals surface area contributed by atoms with Gasteiger partial charge in [-0.3, -0.25) is 0 Å². The molecule has 0 heterocycles. The summed E-state index contributed by atoms with van der Waals surface area (Å²) in [6, 6.07) is 1.75. The third-order valence-corrected chi connectivity index (χ3v) is 0. The van der Waals surface area contributed by atoms with Gasteiger partial charge in [-0.1, -0.05) is 27.7 Å². The molecule has 7 heavy (non-hydrogen) atoms. The van der Waals surface area contributed by atoms with Crippen LogP contribution in [0.3, 0.4) is 0 Å². The summed E-state index contributed by atoms with van der Waals surface area (Å²) in [7, 11) is 0. The molecule has 0 aliphatic rings. The van der Waals surface area contributed by atoms with Gasteiger partial charge in [0.05, 0.1) is 6.07 Å². The molecule has 0 rings (SSSR count). The molecule has 0 bridgehead atoms. The van der Waals surface area contributed by atoms with Crippen molar-refractivity contribution in [2.45, 2.75) is 34.6 Å². The van der Waals surface area contributed by atoms with Crippen molar-refractivity contribution in [2.75, 3.05) is 0 Å². The summed E-state index contributed by atoms with van der Waals surface area (Å²) in [6.45, 7) is 9.43.